The molecule has 4 N–H and O–H groups in total. The van der Waals surface area contributed by atoms with Crippen LogP contribution in [0.2, 0.25) is 5.02 Å². The Morgan fingerprint density at radius 3 is 2.54 bits per heavy atom. The average Bonchev–Trinajstić information content (AvgIpc) is 2.64. The van der Waals surface area contributed by atoms with Crippen molar-refractivity contribution in [2.24, 2.45) is 5.14 Å². The number of primary sulfonamides is 1. The summed E-state index contributed by atoms with van der Waals surface area (Å²) in [4.78, 5) is 25.1. The maximum absolute atomic E-state index is 12.7. The second kappa shape index (κ2) is 9.92. The quantitative estimate of drug-likeness (QED) is 0.581. The van der Waals surface area contributed by atoms with Gasteiger partial charge in [-0.15, -0.1) is 0 Å². The molecule has 2 rings (SSSR count). The normalized spacial score (nSPS) is 12.2. The zero-order valence-electron chi connectivity index (χ0n) is 15.0. The molecule has 2 amide bonds. The fourth-order valence-electron chi connectivity index (χ4n) is 2.37. The minimum atomic E-state index is -3.89. The van der Waals surface area contributed by atoms with Gasteiger partial charge in [0.25, 0.3) is 5.91 Å². The largest absolute Gasteiger partial charge is 0.340 e. The molecule has 28 heavy (non-hydrogen) atoms. The summed E-state index contributed by atoms with van der Waals surface area (Å²) >= 11 is 7.57. The number of carbonyl (C=O) groups is 2. The first kappa shape index (κ1) is 22.2. The maximum atomic E-state index is 12.7. The molecule has 0 heterocycles. The van der Waals surface area contributed by atoms with Crippen LogP contribution in [0.4, 0.5) is 5.69 Å². The van der Waals surface area contributed by atoms with Gasteiger partial charge in [0.2, 0.25) is 15.9 Å². The third kappa shape index (κ3) is 6.23. The summed E-state index contributed by atoms with van der Waals surface area (Å²) in [6.45, 7) is 0. The summed E-state index contributed by atoms with van der Waals surface area (Å²) in [6.07, 6.45) is 2.28. The van der Waals surface area contributed by atoms with Crippen LogP contribution < -0.4 is 15.8 Å². The lowest BCUT2D eigenvalue weighted by Crippen LogP contribution is -2.44. The number of halogens is 1. The highest BCUT2D eigenvalue weighted by atomic mass is 35.5. The Labute approximate surface area is 173 Å². The molecule has 0 saturated heterocycles. The minimum Gasteiger partial charge on any atom is -0.340 e. The van der Waals surface area contributed by atoms with Crippen LogP contribution in [-0.4, -0.2) is 38.3 Å². The van der Waals surface area contributed by atoms with Crippen LogP contribution in [-0.2, 0) is 14.8 Å². The van der Waals surface area contributed by atoms with Gasteiger partial charge < -0.3 is 10.6 Å². The molecule has 2 aromatic rings. The summed E-state index contributed by atoms with van der Waals surface area (Å²) in [5.74, 6) is -0.302. The van der Waals surface area contributed by atoms with Gasteiger partial charge in [0.05, 0.1) is 15.5 Å². The van der Waals surface area contributed by atoms with Crippen molar-refractivity contribution in [3.8, 4) is 0 Å². The highest BCUT2D eigenvalue weighted by molar-refractivity contribution is 7.98. The van der Waals surface area contributed by atoms with Gasteiger partial charge in [0, 0.05) is 5.69 Å². The van der Waals surface area contributed by atoms with Crippen LogP contribution in [0.5, 0.6) is 0 Å². The highest BCUT2D eigenvalue weighted by Crippen LogP contribution is 2.17. The van der Waals surface area contributed by atoms with Gasteiger partial charge in [-0.2, -0.15) is 11.8 Å². The molecule has 1 atom stereocenters. The number of rotatable bonds is 8. The molecule has 0 bridgehead atoms. The van der Waals surface area contributed by atoms with E-state index in [2.05, 4.69) is 10.6 Å². The van der Waals surface area contributed by atoms with Crippen LogP contribution in [0.3, 0.4) is 0 Å². The van der Waals surface area contributed by atoms with Crippen molar-refractivity contribution in [2.75, 3.05) is 17.3 Å². The van der Waals surface area contributed by atoms with Gasteiger partial charge in [0.1, 0.15) is 6.04 Å². The first-order valence-corrected chi connectivity index (χ1v) is 11.5. The summed E-state index contributed by atoms with van der Waals surface area (Å²) in [5, 5.41) is 10.7. The van der Waals surface area contributed by atoms with Crippen molar-refractivity contribution in [1.82, 2.24) is 5.32 Å². The first-order chi connectivity index (χ1) is 13.2. The Morgan fingerprint density at radius 1 is 1.18 bits per heavy atom. The predicted octanol–water partition coefficient (Wildman–Crippen LogP) is 2.48. The molecule has 2 aromatic carbocycles. The van der Waals surface area contributed by atoms with E-state index < -0.39 is 27.9 Å². The van der Waals surface area contributed by atoms with Crippen molar-refractivity contribution in [2.45, 2.75) is 17.4 Å². The molecule has 0 spiro atoms. The van der Waals surface area contributed by atoms with E-state index in [1.165, 1.54) is 36.0 Å². The molecular formula is C18H20ClN3O4S2. The van der Waals surface area contributed by atoms with Crippen molar-refractivity contribution < 1.29 is 18.0 Å². The number of benzene rings is 2. The molecule has 0 fully saturated rings. The fraction of sp³-hybridized carbons (Fsp3) is 0.222. The van der Waals surface area contributed by atoms with Crippen molar-refractivity contribution in [3.63, 3.8) is 0 Å². The van der Waals surface area contributed by atoms with Crippen molar-refractivity contribution in [3.05, 3.63) is 59.1 Å². The van der Waals surface area contributed by atoms with Crippen LogP contribution >= 0.6 is 23.4 Å². The van der Waals surface area contributed by atoms with E-state index in [-0.39, 0.29) is 21.2 Å². The summed E-state index contributed by atoms with van der Waals surface area (Å²) in [6, 6.07) is 11.3. The lowest BCUT2D eigenvalue weighted by molar-refractivity contribution is -0.118. The molecule has 0 radical (unpaired) electrons. The third-order valence-corrected chi connectivity index (χ3v) is 5.67. The number of nitrogens with two attached hydrogens (primary N) is 1. The second-order valence-corrected chi connectivity index (χ2v) is 8.80. The van der Waals surface area contributed by atoms with Crippen LogP contribution in [0.1, 0.15) is 16.8 Å². The molecule has 0 aliphatic rings. The van der Waals surface area contributed by atoms with E-state index >= 15 is 0 Å². The number of nitrogens with one attached hydrogen (secondary N) is 2. The smallest absolute Gasteiger partial charge is 0.253 e. The van der Waals surface area contributed by atoms with Crippen LogP contribution in [0.25, 0.3) is 0 Å². The van der Waals surface area contributed by atoms with Gasteiger partial charge in [0.15, 0.2) is 0 Å². The zero-order valence-corrected chi connectivity index (χ0v) is 17.4. The number of anilines is 1. The highest BCUT2D eigenvalue weighted by Gasteiger charge is 2.22. The third-order valence-electron chi connectivity index (χ3n) is 3.78. The molecule has 150 valence electrons. The summed E-state index contributed by atoms with van der Waals surface area (Å²) < 4.78 is 22.9. The molecular weight excluding hydrogens is 422 g/mol. The van der Waals surface area contributed by atoms with Gasteiger partial charge >= 0.3 is 0 Å². The molecule has 10 heteroatoms. The minimum absolute atomic E-state index is 0.119. The van der Waals surface area contributed by atoms with E-state index in [0.29, 0.717) is 12.2 Å². The van der Waals surface area contributed by atoms with E-state index in [1.807, 2.05) is 6.26 Å². The maximum Gasteiger partial charge on any atom is 0.253 e. The lowest BCUT2D eigenvalue weighted by atomic mass is 10.1. The van der Waals surface area contributed by atoms with E-state index in [1.54, 1.807) is 24.3 Å². The predicted molar refractivity (Wildman–Crippen MR) is 112 cm³/mol. The lowest BCUT2D eigenvalue weighted by Gasteiger charge is -2.19. The first-order valence-electron chi connectivity index (χ1n) is 8.20. The van der Waals surface area contributed by atoms with Gasteiger partial charge in [-0.05, 0) is 48.8 Å². The SMILES string of the molecule is CSCC[C@@H](NC(=O)c1ccccc1Cl)C(=O)Nc1cccc(S(N)(=O)=O)c1. The summed E-state index contributed by atoms with van der Waals surface area (Å²) in [7, 11) is -3.89. The average molecular weight is 442 g/mol. The number of carbonyl (C=O) groups excluding carboxylic acids is 2. The van der Waals surface area contributed by atoms with E-state index in [0.717, 1.165) is 0 Å². The number of hydrogen-bond acceptors (Lipinski definition) is 5. The number of amides is 2. The monoisotopic (exact) mass is 441 g/mol. The van der Waals surface area contributed by atoms with Gasteiger partial charge in [-0.3, -0.25) is 9.59 Å². The fourth-order valence-corrected chi connectivity index (χ4v) is 3.62. The van der Waals surface area contributed by atoms with Crippen LogP contribution in [0.15, 0.2) is 53.4 Å². The van der Waals surface area contributed by atoms with Crippen molar-refractivity contribution in [1.29, 1.82) is 0 Å². The Balaban J connectivity index is 2.17. The van der Waals surface area contributed by atoms with Gasteiger partial charge in [-0.1, -0.05) is 29.8 Å². The second-order valence-electron chi connectivity index (χ2n) is 5.85. The standard InChI is InChI=1S/C18H20ClN3O4S2/c1-27-10-9-16(22-17(23)14-7-2-3-8-15(14)19)18(24)21-12-5-4-6-13(11-12)28(20,25)26/h2-8,11,16H,9-10H2,1H3,(H,21,24)(H,22,23)(H2,20,25,26)/t16-/m1/s1. The molecule has 7 nitrogen and oxygen atoms in total. The zero-order chi connectivity index (χ0) is 20.7. The van der Waals surface area contributed by atoms with Crippen molar-refractivity contribution >= 4 is 50.9 Å². The Hall–Kier alpha value is -2.07. The Morgan fingerprint density at radius 2 is 1.89 bits per heavy atom. The molecule has 0 aromatic heterocycles. The Bertz CT molecular complexity index is 967. The summed E-state index contributed by atoms with van der Waals surface area (Å²) in [5.41, 5.74) is 0.528. The number of hydrogen-bond donors (Lipinski definition) is 3. The van der Waals surface area contributed by atoms with Gasteiger partial charge in [-0.25, -0.2) is 13.6 Å². The number of thioether (sulfide) groups is 1. The molecule has 0 unspecified atom stereocenters. The topological polar surface area (TPSA) is 118 Å². The van der Waals surface area contributed by atoms with E-state index in [4.69, 9.17) is 16.7 Å². The number of sulfonamides is 1. The Kier molecular flexibility index (Phi) is 7.88. The molecule has 0 aliphatic heterocycles. The molecule has 0 aliphatic carbocycles. The van der Waals surface area contributed by atoms with Crippen LogP contribution in [0, 0.1) is 0 Å². The molecule has 0 saturated carbocycles. The van der Waals surface area contributed by atoms with E-state index in [9.17, 15) is 18.0 Å².